The van der Waals surface area contributed by atoms with E-state index in [1.807, 2.05) is 19.9 Å². The van der Waals surface area contributed by atoms with Crippen LogP contribution in [0.5, 0.6) is 11.5 Å². The Hall–Kier alpha value is -2.23. The second-order valence-corrected chi connectivity index (χ2v) is 4.01. The number of carbonyl (C=O) groups excluding carboxylic acids is 1. The average molecular weight is 262 g/mol. The molecule has 0 amide bonds. The molecule has 0 aliphatic carbocycles. The third-order valence-electron chi connectivity index (χ3n) is 2.55. The van der Waals surface area contributed by atoms with Crippen LogP contribution in [0.2, 0.25) is 0 Å². The summed E-state index contributed by atoms with van der Waals surface area (Å²) in [7, 11) is 1.47. The van der Waals surface area contributed by atoms with Crippen molar-refractivity contribution in [1.82, 2.24) is 0 Å². The molecule has 4 heteroatoms. The highest BCUT2D eigenvalue weighted by molar-refractivity contribution is 5.87. The molecular weight excluding hydrogens is 244 g/mol. The Labute approximate surface area is 113 Å². The van der Waals surface area contributed by atoms with Crippen LogP contribution in [0.1, 0.15) is 19.4 Å². The van der Waals surface area contributed by atoms with Crippen LogP contribution in [0.15, 0.2) is 35.9 Å². The standard InChI is InChI=1S/C15H18O4/c1-4-11(2)10-19-15(17)8-6-12-5-7-13(16)14(9-12)18-3/h4-9,16H,10H2,1-3H3. The zero-order valence-electron chi connectivity index (χ0n) is 11.3. The summed E-state index contributed by atoms with van der Waals surface area (Å²) >= 11 is 0. The van der Waals surface area contributed by atoms with Crippen molar-refractivity contribution in [2.75, 3.05) is 13.7 Å². The average Bonchev–Trinajstić information content (AvgIpc) is 2.43. The monoisotopic (exact) mass is 262 g/mol. The molecule has 0 spiro atoms. The molecular formula is C15H18O4. The molecule has 0 aliphatic rings. The molecule has 1 aromatic carbocycles. The van der Waals surface area contributed by atoms with Crippen molar-refractivity contribution < 1.29 is 19.4 Å². The Kier molecular flexibility index (Phi) is 5.67. The molecule has 19 heavy (non-hydrogen) atoms. The van der Waals surface area contributed by atoms with E-state index in [-0.39, 0.29) is 5.75 Å². The number of hydrogen-bond donors (Lipinski definition) is 1. The minimum atomic E-state index is -0.409. The zero-order valence-corrected chi connectivity index (χ0v) is 11.3. The van der Waals surface area contributed by atoms with E-state index < -0.39 is 5.97 Å². The largest absolute Gasteiger partial charge is 0.504 e. The second kappa shape index (κ2) is 7.26. The number of carbonyl (C=O) groups is 1. The van der Waals surface area contributed by atoms with Gasteiger partial charge in [0, 0.05) is 6.08 Å². The topological polar surface area (TPSA) is 55.8 Å². The van der Waals surface area contributed by atoms with Crippen LogP contribution in [0.25, 0.3) is 6.08 Å². The van der Waals surface area contributed by atoms with Gasteiger partial charge in [-0.1, -0.05) is 12.1 Å². The number of rotatable bonds is 5. The summed E-state index contributed by atoms with van der Waals surface area (Å²) in [6.07, 6.45) is 4.84. The lowest BCUT2D eigenvalue weighted by Crippen LogP contribution is -2.02. The van der Waals surface area contributed by atoms with Crippen LogP contribution >= 0.6 is 0 Å². The van der Waals surface area contributed by atoms with Crippen molar-refractivity contribution in [3.05, 3.63) is 41.5 Å². The van der Waals surface area contributed by atoms with Gasteiger partial charge in [0.05, 0.1) is 7.11 Å². The lowest BCUT2D eigenvalue weighted by Gasteiger charge is -2.04. The summed E-state index contributed by atoms with van der Waals surface area (Å²) in [5, 5.41) is 9.44. The highest BCUT2D eigenvalue weighted by Crippen LogP contribution is 2.26. The van der Waals surface area contributed by atoms with Gasteiger partial charge in [-0.2, -0.15) is 0 Å². The van der Waals surface area contributed by atoms with Gasteiger partial charge < -0.3 is 14.6 Å². The van der Waals surface area contributed by atoms with Gasteiger partial charge in [0.2, 0.25) is 0 Å². The van der Waals surface area contributed by atoms with Gasteiger partial charge in [-0.25, -0.2) is 4.79 Å². The molecule has 0 aromatic heterocycles. The first-order valence-electron chi connectivity index (χ1n) is 5.90. The van der Waals surface area contributed by atoms with E-state index >= 15 is 0 Å². The number of phenols is 1. The summed E-state index contributed by atoms with van der Waals surface area (Å²) in [6, 6.07) is 4.82. The van der Waals surface area contributed by atoms with Gasteiger partial charge >= 0.3 is 5.97 Å². The van der Waals surface area contributed by atoms with Gasteiger partial charge in [-0.15, -0.1) is 0 Å². The van der Waals surface area contributed by atoms with E-state index in [9.17, 15) is 9.90 Å². The molecule has 0 saturated carbocycles. The molecule has 0 aliphatic heterocycles. The minimum Gasteiger partial charge on any atom is -0.504 e. The summed E-state index contributed by atoms with van der Waals surface area (Å²) in [5.41, 5.74) is 1.74. The Morgan fingerprint density at radius 2 is 2.16 bits per heavy atom. The van der Waals surface area contributed by atoms with E-state index in [4.69, 9.17) is 9.47 Å². The number of phenolic OH excluding ortho intramolecular Hbond substituents is 1. The lowest BCUT2D eigenvalue weighted by atomic mass is 10.2. The van der Waals surface area contributed by atoms with Gasteiger partial charge in [-0.3, -0.25) is 0 Å². The first kappa shape index (κ1) is 14.8. The van der Waals surface area contributed by atoms with E-state index in [0.717, 1.165) is 11.1 Å². The van der Waals surface area contributed by atoms with Gasteiger partial charge in [0.1, 0.15) is 6.61 Å². The Morgan fingerprint density at radius 3 is 2.79 bits per heavy atom. The van der Waals surface area contributed by atoms with Crippen LogP contribution < -0.4 is 4.74 Å². The van der Waals surface area contributed by atoms with Crippen molar-refractivity contribution in [1.29, 1.82) is 0 Å². The molecule has 0 unspecified atom stereocenters. The maximum absolute atomic E-state index is 11.4. The van der Waals surface area contributed by atoms with Crippen LogP contribution in [-0.4, -0.2) is 24.8 Å². The van der Waals surface area contributed by atoms with E-state index in [0.29, 0.717) is 12.4 Å². The van der Waals surface area contributed by atoms with Crippen LogP contribution in [0.3, 0.4) is 0 Å². The highest BCUT2D eigenvalue weighted by Gasteiger charge is 2.01. The van der Waals surface area contributed by atoms with Gasteiger partial charge in [0.25, 0.3) is 0 Å². The van der Waals surface area contributed by atoms with Gasteiger partial charge in [0.15, 0.2) is 11.5 Å². The van der Waals surface area contributed by atoms with Crippen molar-refractivity contribution in [3.8, 4) is 11.5 Å². The molecule has 102 valence electrons. The number of benzene rings is 1. The van der Waals surface area contributed by atoms with E-state index in [2.05, 4.69) is 0 Å². The predicted octanol–water partition coefficient (Wildman–Crippen LogP) is 2.92. The first-order chi connectivity index (χ1) is 9.06. The third kappa shape index (κ3) is 4.87. The molecule has 0 heterocycles. The Morgan fingerprint density at radius 1 is 1.42 bits per heavy atom. The summed E-state index contributed by atoms with van der Waals surface area (Å²) in [6.45, 7) is 4.07. The molecule has 0 fully saturated rings. The van der Waals surface area contributed by atoms with Crippen molar-refractivity contribution in [3.63, 3.8) is 0 Å². The highest BCUT2D eigenvalue weighted by atomic mass is 16.5. The summed E-state index contributed by atoms with van der Waals surface area (Å²) in [5.74, 6) is 0.0134. The fourth-order valence-electron chi connectivity index (χ4n) is 1.28. The molecule has 0 radical (unpaired) electrons. The molecule has 4 nitrogen and oxygen atoms in total. The summed E-state index contributed by atoms with van der Waals surface area (Å²) in [4.78, 5) is 11.4. The molecule has 0 atom stereocenters. The van der Waals surface area contributed by atoms with Crippen molar-refractivity contribution >= 4 is 12.0 Å². The number of aromatic hydroxyl groups is 1. The van der Waals surface area contributed by atoms with E-state index in [1.54, 1.807) is 18.2 Å². The SMILES string of the molecule is CC=C(C)COC(=O)C=Cc1ccc(O)c(OC)c1. The smallest absolute Gasteiger partial charge is 0.331 e. The lowest BCUT2D eigenvalue weighted by molar-refractivity contribution is -0.136. The molecule has 0 bridgehead atoms. The predicted molar refractivity (Wildman–Crippen MR) is 74.1 cm³/mol. The quantitative estimate of drug-likeness (QED) is 0.503. The van der Waals surface area contributed by atoms with Crippen molar-refractivity contribution in [2.45, 2.75) is 13.8 Å². The number of ether oxygens (including phenoxy) is 2. The maximum atomic E-state index is 11.4. The number of allylic oxidation sites excluding steroid dienone is 1. The Bertz CT molecular complexity index is 501. The Balaban J connectivity index is 2.63. The van der Waals surface area contributed by atoms with E-state index in [1.165, 1.54) is 19.3 Å². The molecule has 1 N–H and O–H groups in total. The van der Waals surface area contributed by atoms with Crippen LogP contribution in [0.4, 0.5) is 0 Å². The number of hydrogen-bond acceptors (Lipinski definition) is 4. The zero-order chi connectivity index (χ0) is 14.3. The van der Waals surface area contributed by atoms with Crippen molar-refractivity contribution in [2.24, 2.45) is 0 Å². The molecule has 1 rings (SSSR count). The van der Waals surface area contributed by atoms with Gasteiger partial charge in [-0.05, 0) is 43.2 Å². The number of esters is 1. The normalized spacial score (nSPS) is 11.6. The first-order valence-corrected chi connectivity index (χ1v) is 5.90. The molecule has 1 aromatic rings. The minimum absolute atomic E-state index is 0.0611. The number of methoxy groups -OCH3 is 1. The fourth-order valence-corrected chi connectivity index (χ4v) is 1.28. The third-order valence-corrected chi connectivity index (χ3v) is 2.55. The molecule has 0 saturated heterocycles. The fraction of sp³-hybridized carbons (Fsp3) is 0.267. The summed E-state index contributed by atoms with van der Waals surface area (Å²) < 4.78 is 10.0. The maximum Gasteiger partial charge on any atom is 0.331 e. The second-order valence-electron chi connectivity index (χ2n) is 4.01. The van der Waals surface area contributed by atoms with Crippen LogP contribution in [-0.2, 0) is 9.53 Å². The van der Waals surface area contributed by atoms with Crippen LogP contribution in [0, 0.1) is 0 Å².